The topological polar surface area (TPSA) is 356 Å². The Labute approximate surface area is 787 Å². The van der Waals surface area contributed by atoms with Crippen molar-refractivity contribution in [3.05, 3.63) is 216 Å². The Kier molecular flexibility index (Phi) is 31.4. The number of hydrogen-bond acceptors (Lipinski definition) is 21. The first-order valence-electron chi connectivity index (χ1n) is 47.6. The van der Waals surface area contributed by atoms with Gasteiger partial charge in [0.25, 0.3) is 0 Å². The standard InChI is InChI=1S/C25H31FN4O2.C24H29FN4O2.C22H26FN3O3.C17H20N4O.C16H20N4O/c26-21-3-1-18(2-4-21)23-6-5-22(27)24(28-23)11-25(31)30-15-19-13-29(14-20(19)16-30)12-17-7-9-32-10-8-17;25-19-3-1-16(2-4-19)22-6-5-21(26)23(27-22)11-24(30)29-14-17-12-28(13-18(17)15-29)20-7-9-31-10-8-20;1-15(23)29-17-4-2-16(3-5-17)19-7-6-18(24)20(25-19)12-21(27)26-13-22(14-26)8-10-28-11-9-22;1-12-4-6-13(7-5-12)15-9-8-14(18)16(19-15)20-17(22)21-10-2-3-11-21;1-19-9-6-12(11-19)14-5-4-13(17)15(18-14)10-16(21)20-7-2-3-8-20/h1-6,17,19-20H,7-16,27H2;1-6,17-18,20H,7-15,26H2;2-7,15H,8-14,24H2,1H3;4-9H,2-3,10-11,18H2,1H3,(H,19,20,22);4-6,9,11H,2-3,7-8,10,17H2,1H3. The number of benzene rings is 4. The second kappa shape index (κ2) is 44.3. The SMILES string of the molecule is CC(F)Oc1ccc(-c2ccc(N)c(CC(=O)N3CC4(CCOCC4)C3)n2)cc1.Cc1ccc(-c2ccc(N)c(NC(=O)N3CCCC3)n2)cc1.Cn1ccc(-c2ccc(N)c(CC(=O)N3CCCC3)n2)c1.Nc1ccc(-c2ccc(F)cc2)nc1CC(=O)N1CC2CN(C3CCOCC3)CC2C1.Nc1ccc(-c2ccc(F)cc2)nc1CC(=O)N1CC2CN(CC3CCOCC3)CC2C1. The molecule has 135 heavy (non-hydrogen) atoms. The molecule has 10 aliphatic rings. The Balaban J connectivity index is 0.000000124. The molecule has 0 aliphatic carbocycles. The van der Waals surface area contributed by atoms with Crippen LogP contribution < -0.4 is 38.7 Å². The highest BCUT2D eigenvalue weighted by Crippen LogP contribution is 2.42. The molecule has 5 unspecified atom stereocenters. The highest BCUT2D eigenvalue weighted by atomic mass is 19.1. The summed E-state index contributed by atoms with van der Waals surface area (Å²) >= 11 is 0. The van der Waals surface area contributed by atoms with Crippen molar-refractivity contribution in [2.75, 3.05) is 172 Å². The van der Waals surface area contributed by atoms with Crippen LogP contribution in [0.3, 0.4) is 0 Å². The van der Waals surface area contributed by atoms with E-state index in [2.05, 4.69) is 40.0 Å². The molecule has 0 radical (unpaired) electrons. The van der Waals surface area contributed by atoms with Crippen LogP contribution in [0.15, 0.2) is 176 Å². The number of amides is 6. The highest BCUT2D eigenvalue weighted by molar-refractivity contribution is 5.92. The number of pyridine rings is 5. The fraction of sp³-hybridized carbons (Fsp3) is 0.442. The van der Waals surface area contributed by atoms with Crippen LogP contribution in [0.4, 0.5) is 52.2 Å². The minimum absolute atomic E-state index is 0.0548. The number of anilines is 6. The number of carbonyl (C=O) groups is 5. The van der Waals surface area contributed by atoms with E-state index >= 15 is 0 Å². The van der Waals surface area contributed by atoms with Crippen LogP contribution in [0.25, 0.3) is 56.3 Å². The van der Waals surface area contributed by atoms with Gasteiger partial charge in [0.05, 0.1) is 105 Å². The summed E-state index contributed by atoms with van der Waals surface area (Å²) in [4.78, 5) is 101. The predicted octanol–water partition coefficient (Wildman–Crippen LogP) is 13.7. The van der Waals surface area contributed by atoms with E-state index in [1.54, 1.807) is 65.6 Å². The Morgan fingerprint density at radius 3 is 1.25 bits per heavy atom. The zero-order chi connectivity index (χ0) is 94.2. The van der Waals surface area contributed by atoms with Crippen molar-refractivity contribution < 1.29 is 56.1 Å². The van der Waals surface area contributed by atoms with Crippen molar-refractivity contribution >= 4 is 63.9 Å². The van der Waals surface area contributed by atoms with Crippen LogP contribution in [0.1, 0.15) is 99.5 Å². The molecule has 0 saturated carbocycles. The van der Waals surface area contributed by atoms with Crippen molar-refractivity contribution in [1.82, 2.24) is 63.8 Å². The molecule has 1 spiro atoms. The quantitative estimate of drug-likeness (QED) is 0.0438. The normalized spacial score (nSPS) is 20.0. The summed E-state index contributed by atoms with van der Waals surface area (Å²) in [5.41, 5.74) is 45.0. The van der Waals surface area contributed by atoms with Crippen LogP contribution in [0.2, 0.25) is 0 Å². The fourth-order valence-electron chi connectivity index (χ4n) is 20.0. The third kappa shape index (κ3) is 25.0. The number of ether oxygens (including phenoxy) is 4. The number of nitrogen functional groups attached to an aromatic ring is 5. The van der Waals surface area contributed by atoms with Crippen molar-refractivity contribution in [2.24, 2.45) is 42.1 Å². The molecule has 6 amide bonds. The number of halogens is 3. The lowest BCUT2D eigenvalue weighted by atomic mass is 9.73. The molecule has 5 atom stereocenters. The maximum Gasteiger partial charge on any atom is 0.323 e. The average molecular weight is 1840 g/mol. The Morgan fingerprint density at radius 2 is 0.815 bits per heavy atom. The number of fused-ring (bicyclic) bond motifs is 2. The number of aryl methyl sites for hydroxylation is 2. The number of urea groups is 1. The summed E-state index contributed by atoms with van der Waals surface area (Å²) in [6.45, 7) is 22.2. The van der Waals surface area contributed by atoms with Gasteiger partial charge in [0, 0.05) is 203 Å². The van der Waals surface area contributed by atoms with E-state index in [4.69, 9.17) is 47.6 Å². The molecule has 6 aromatic heterocycles. The first kappa shape index (κ1) is 95.6. The molecule has 10 aromatic rings. The zero-order valence-corrected chi connectivity index (χ0v) is 77.5. The fourth-order valence-corrected chi connectivity index (χ4v) is 20.0. The van der Waals surface area contributed by atoms with Crippen LogP contribution in [-0.2, 0) is 66.1 Å². The number of nitrogens with one attached hydrogen (secondary N) is 1. The number of likely N-dealkylation sites (tertiary alicyclic amines) is 7. The number of nitrogens with two attached hydrogens (primary N) is 5. The van der Waals surface area contributed by atoms with Gasteiger partial charge in [-0.15, -0.1) is 0 Å². The molecule has 20 rings (SSSR count). The van der Waals surface area contributed by atoms with E-state index in [-0.39, 0.29) is 72.4 Å². The second-order valence-corrected chi connectivity index (χ2v) is 37.7. The van der Waals surface area contributed by atoms with Gasteiger partial charge in [-0.2, -0.15) is 0 Å². The second-order valence-electron chi connectivity index (χ2n) is 37.7. The summed E-state index contributed by atoms with van der Waals surface area (Å²) in [6.07, 6.45) is 14.4. The lowest BCUT2D eigenvalue weighted by Gasteiger charge is -2.52. The Morgan fingerprint density at radius 1 is 0.437 bits per heavy atom. The van der Waals surface area contributed by atoms with E-state index in [1.165, 1.54) is 56.1 Å². The first-order chi connectivity index (χ1) is 65.3. The number of nitrogens with zero attached hydrogens (tertiary/aromatic N) is 13. The third-order valence-electron chi connectivity index (χ3n) is 27.8. The van der Waals surface area contributed by atoms with Crippen LogP contribution in [0, 0.1) is 53.6 Å². The number of aromatic nitrogens is 6. The number of hydrogen-bond donors (Lipinski definition) is 6. The molecule has 11 N–H and O–H groups in total. The van der Waals surface area contributed by atoms with E-state index in [0.717, 1.165) is 228 Å². The number of alkyl halides is 1. The van der Waals surface area contributed by atoms with E-state index in [1.807, 2.05) is 129 Å². The van der Waals surface area contributed by atoms with Gasteiger partial charge in [-0.05, 0) is 240 Å². The summed E-state index contributed by atoms with van der Waals surface area (Å²) < 4.78 is 62.8. The van der Waals surface area contributed by atoms with Gasteiger partial charge < -0.3 is 81.6 Å². The van der Waals surface area contributed by atoms with Crippen molar-refractivity contribution in [2.45, 2.75) is 116 Å². The van der Waals surface area contributed by atoms with E-state index in [0.29, 0.717) is 110 Å². The van der Waals surface area contributed by atoms with Gasteiger partial charge in [-0.3, -0.25) is 49.3 Å². The molecule has 31 heteroatoms. The van der Waals surface area contributed by atoms with Gasteiger partial charge in [-0.25, -0.2) is 22.9 Å². The largest absolute Gasteiger partial charge is 0.461 e. The molecule has 10 fully saturated rings. The monoisotopic (exact) mass is 1840 g/mol. The lowest BCUT2D eigenvalue weighted by molar-refractivity contribution is -0.149. The summed E-state index contributed by atoms with van der Waals surface area (Å²) in [5, 5.41) is 2.82. The molecule has 10 aliphatic heterocycles. The third-order valence-corrected chi connectivity index (χ3v) is 27.8. The molecule has 0 bridgehead atoms. The summed E-state index contributed by atoms with van der Waals surface area (Å²) in [6, 6.07) is 48.2. The molecule has 10 saturated heterocycles. The lowest BCUT2D eigenvalue weighted by Crippen LogP contribution is -2.60. The molecule has 4 aromatic carbocycles. The van der Waals surface area contributed by atoms with E-state index in [9.17, 15) is 37.1 Å². The number of carbonyl (C=O) groups excluding carboxylic acids is 5. The van der Waals surface area contributed by atoms with Crippen molar-refractivity contribution in [1.29, 1.82) is 0 Å². The minimum Gasteiger partial charge on any atom is -0.461 e. The maximum absolute atomic E-state index is 13.2. The Hall–Kier alpha value is -12.6. The zero-order valence-electron chi connectivity index (χ0n) is 77.5. The number of rotatable bonds is 19. The van der Waals surface area contributed by atoms with Gasteiger partial charge >= 0.3 is 6.03 Å². The average Bonchev–Trinajstić information content (AvgIpc) is 1.68. The first-order valence-corrected chi connectivity index (χ1v) is 47.6. The van der Waals surface area contributed by atoms with Crippen molar-refractivity contribution in [3.8, 4) is 62.0 Å². The Bertz CT molecular complexity index is 5690. The summed E-state index contributed by atoms with van der Waals surface area (Å²) in [7, 11) is 1.97. The maximum atomic E-state index is 13.2. The highest BCUT2D eigenvalue weighted by Gasteiger charge is 2.47. The van der Waals surface area contributed by atoms with Gasteiger partial charge in [-0.1, -0.05) is 29.8 Å². The van der Waals surface area contributed by atoms with Gasteiger partial charge in [0.2, 0.25) is 30.0 Å². The predicted molar refractivity (Wildman–Crippen MR) is 517 cm³/mol. The molecule has 28 nitrogen and oxygen atoms in total. The van der Waals surface area contributed by atoms with Crippen LogP contribution >= 0.6 is 0 Å². The molecular formula is C104H126F3N19O9. The van der Waals surface area contributed by atoms with Gasteiger partial charge in [0.1, 0.15) is 17.4 Å². The van der Waals surface area contributed by atoms with Crippen molar-refractivity contribution in [3.63, 3.8) is 0 Å². The van der Waals surface area contributed by atoms with Crippen LogP contribution in [-0.4, -0.2) is 244 Å². The summed E-state index contributed by atoms with van der Waals surface area (Å²) in [5.74, 6) is 3.65. The molecule has 16 heterocycles. The smallest absolute Gasteiger partial charge is 0.323 e. The van der Waals surface area contributed by atoms with E-state index < -0.39 is 6.36 Å². The molecular weight excluding hydrogens is 1720 g/mol. The van der Waals surface area contributed by atoms with Crippen LogP contribution in [0.5, 0.6) is 5.75 Å². The molecule has 712 valence electrons. The minimum atomic E-state index is -1.37. The van der Waals surface area contributed by atoms with Gasteiger partial charge in [0.15, 0.2) is 5.82 Å².